The summed E-state index contributed by atoms with van der Waals surface area (Å²) in [6.45, 7) is 1.91. The number of ether oxygens (including phenoxy) is 2. The van der Waals surface area contributed by atoms with Gasteiger partial charge in [0.1, 0.15) is 6.29 Å². The molecule has 0 aromatic carbocycles. The SMILES string of the molecule is COC1CCC(ON(C)C(=O)CCC=O)O[C@H]1C. The largest absolute Gasteiger partial charge is 0.379 e. The van der Waals surface area contributed by atoms with Gasteiger partial charge in [0.05, 0.1) is 12.2 Å². The maximum Gasteiger partial charge on any atom is 0.246 e. The normalized spacial score (nSPS) is 27.8. The molecule has 0 radical (unpaired) electrons. The molecule has 1 rings (SSSR count). The Bertz CT molecular complexity index is 284. The number of amides is 1. The van der Waals surface area contributed by atoms with Crippen molar-refractivity contribution in [1.82, 2.24) is 5.06 Å². The molecule has 0 saturated carbocycles. The molecular formula is C12H21NO5. The molecule has 0 aliphatic carbocycles. The predicted molar refractivity (Wildman–Crippen MR) is 63.5 cm³/mol. The molecule has 0 spiro atoms. The minimum absolute atomic E-state index is 0.0628. The van der Waals surface area contributed by atoms with Crippen molar-refractivity contribution >= 4 is 12.2 Å². The van der Waals surface area contributed by atoms with E-state index >= 15 is 0 Å². The molecule has 1 fully saturated rings. The van der Waals surface area contributed by atoms with Gasteiger partial charge in [-0.25, -0.2) is 9.90 Å². The summed E-state index contributed by atoms with van der Waals surface area (Å²) >= 11 is 0. The van der Waals surface area contributed by atoms with Gasteiger partial charge >= 0.3 is 0 Å². The molecule has 0 aromatic rings. The second-order valence-electron chi connectivity index (χ2n) is 4.32. The molecule has 0 bridgehead atoms. The van der Waals surface area contributed by atoms with Gasteiger partial charge in [-0.05, 0) is 13.3 Å². The second kappa shape index (κ2) is 7.45. The van der Waals surface area contributed by atoms with Gasteiger partial charge in [0.2, 0.25) is 5.91 Å². The molecule has 18 heavy (non-hydrogen) atoms. The molecule has 104 valence electrons. The van der Waals surface area contributed by atoms with Gasteiger partial charge in [-0.3, -0.25) is 4.79 Å². The number of nitrogens with zero attached hydrogens (tertiary/aromatic N) is 1. The average molecular weight is 259 g/mol. The van der Waals surface area contributed by atoms with Gasteiger partial charge in [0.15, 0.2) is 6.29 Å². The summed E-state index contributed by atoms with van der Waals surface area (Å²) in [5.74, 6) is -0.229. The molecule has 1 aliphatic heterocycles. The molecule has 2 unspecified atom stereocenters. The summed E-state index contributed by atoms with van der Waals surface area (Å²) in [6.07, 6.45) is 2.16. The third-order valence-corrected chi connectivity index (χ3v) is 2.98. The van der Waals surface area contributed by atoms with Gasteiger partial charge in [-0.1, -0.05) is 0 Å². The highest BCUT2D eigenvalue weighted by Gasteiger charge is 2.30. The van der Waals surface area contributed by atoms with E-state index in [-0.39, 0.29) is 31.0 Å². The maximum absolute atomic E-state index is 11.5. The van der Waals surface area contributed by atoms with Crippen LogP contribution in [0.3, 0.4) is 0 Å². The molecule has 1 aliphatic rings. The fraction of sp³-hybridized carbons (Fsp3) is 0.833. The first kappa shape index (κ1) is 15.1. The lowest BCUT2D eigenvalue weighted by molar-refractivity contribution is -0.297. The fourth-order valence-electron chi connectivity index (χ4n) is 1.89. The van der Waals surface area contributed by atoms with Crippen molar-refractivity contribution in [3.8, 4) is 0 Å². The Balaban J connectivity index is 2.34. The zero-order valence-corrected chi connectivity index (χ0v) is 11.1. The van der Waals surface area contributed by atoms with Gasteiger partial charge in [-0.2, -0.15) is 0 Å². The zero-order valence-electron chi connectivity index (χ0n) is 11.1. The lowest BCUT2D eigenvalue weighted by Gasteiger charge is -2.34. The van der Waals surface area contributed by atoms with E-state index in [0.29, 0.717) is 12.7 Å². The van der Waals surface area contributed by atoms with Crippen LogP contribution in [-0.4, -0.2) is 49.9 Å². The molecule has 0 aromatic heterocycles. The Morgan fingerprint density at radius 1 is 1.50 bits per heavy atom. The lowest BCUT2D eigenvalue weighted by Crippen LogP contribution is -2.42. The Labute approximate surface area is 107 Å². The summed E-state index contributed by atoms with van der Waals surface area (Å²) in [4.78, 5) is 27.1. The number of hydroxylamine groups is 2. The van der Waals surface area contributed by atoms with Crippen LogP contribution < -0.4 is 0 Å². The Morgan fingerprint density at radius 2 is 2.22 bits per heavy atom. The molecule has 6 heteroatoms. The van der Waals surface area contributed by atoms with Crippen LogP contribution in [0.5, 0.6) is 0 Å². The Hall–Kier alpha value is -0.980. The minimum atomic E-state index is -0.434. The molecular weight excluding hydrogens is 238 g/mol. The van der Waals surface area contributed by atoms with Crippen molar-refractivity contribution < 1.29 is 23.9 Å². The van der Waals surface area contributed by atoms with Crippen molar-refractivity contribution in [3.05, 3.63) is 0 Å². The van der Waals surface area contributed by atoms with Crippen molar-refractivity contribution in [2.45, 2.75) is 51.1 Å². The fourth-order valence-corrected chi connectivity index (χ4v) is 1.89. The van der Waals surface area contributed by atoms with Crippen molar-refractivity contribution in [3.63, 3.8) is 0 Å². The van der Waals surface area contributed by atoms with Crippen LogP contribution in [0.4, 0.5) is 0 Å². The quantitative estimate of drug-likeness (QED) is 0.523. The van der Waals surface area contributed by atoms with Crippen LogP contribution in [0.2, 0.25) is 0 Å². The van der Waals surface area contributed by atoms with Gasteiger partial charge in [0, 0.05) is 33.4 Å². The van der Waals surface area contributed by atoms with Crippen LogP contribution in [-0.2, 0) is 23.9 Å². The van der Waals surface area contributed by atoms with Crippen LogP contribution in [0, 0.1) is 0 Å². The van der Waals surface area contributed by atoms with Crippen LogP contribution >= 0.6 is 0 Å². The van der Waals surface area contributed by atoms with Gasteiger partial charge < -0.3 is 14.3 Å². The minimum Gasteiger partial charge on any atom is -0.379 e. The number of hydrogen-bond acceptors (Lipinski definition) is 5. The number of carbonyl (C=O) groups excluding carboxylic acids is 2. The number of rotatable bonds is 6. The molecule has 1 heterocycles. The highest BCUT2D eigenvalue weighted by molar-refractivity contribution is 5.77. The summed E-state index contributed by atoms with van der Waals surface area (Å²) < 4.78 is 10.9. The van der Waals surface area contributed by atoms with E-state index in [1.54, 1.807) is 7.11 Å². The monoisotopic (exact) mass is 259 g/mol. The number of methoxy groups -OCH3 is 1. The van der Waals surface area contributed by atoms with E-state index in [2.05, 4.69) is 0 Å². The smallest absolute Gasteiger partial charge is 0.246 e. The Kier molecular flexibility index (Phi) is 6.24. The number of aldehydes is 1. The van der Waals surface area contributed by atoms with E-state index in [1.165, 1.54) is 7.05 Å². The highest BCUT2D eigenvalue weighted by atomic mass is 16.8. The van der Waals surface area contributed by atoms with Crippen molar-refractivity contribution in [2.24, 2.45) is 0 Å². The van der Waals surface area contributed by atoms with Crippen LogP contribution in [0.1, 0.15) is 32.6 Å². The summed E-state index contributed by atoms with van der Waals surface area (Å²) in [7, 11) is 3.18. The Morgan fingerprint density at radius 3 is 2.78 bits per heavy atom. The first-order valence-corrected chi connectivity index (χ1v) is 6.13. The molecule has 0 N–H and O–H groups in total. The zero-order chi connectivity index (χ0) is 13.5. The summed E-state index contributed by atoms with van der Waals surface area (Å²) in [5.41, 5.74) is 0. The van der Waals surface area contributed by atoms with Crippen LogP contribution in [0.15, 0.2) is 0 Å². The second-order valence-corrected chi connectivity index (χ2v) is 4.32. The standard InChI is InChI=1S/C12H21NO5/c1-9-10(16-3)6-7-12(17-9)18-13(2)11(15)5-4-8-14/h8-10,12H,4-7H2,1-3H3/t9-,10?,12?/m0/s1. The number of carbonyl (C=O) groups is 2. The third-order valence-electron chi connectivity index (χ3n) is 2.98. The predicted octanol–water partition coefficient (Wildman–Crippen LogP) is 0.895. The molecule has 3 atom stereocenters. The topological polar surface area (TPSA) is 65.1 Å². The van der Waals surface area contributed by atoms with E-state index in [0.717, 1.165) is 11.5 Å². The average Bonchev–Trinajstić information content (AvgIpc) is 2.36. The highest BCUT2D eigenvalue weighted by Crippen LogP contribution is 2.22. The van der Waals surface area contributed by atoms with E-state index in [1.807, 2.05) is 6.92 Å². The van der Waals surface area contributed by atoms with E-state index in [4.69, 9.17) is 14.3 Å². The van der Waals surface area contributed by atoms with Crippen molar-refractivity contribution in [1.29, 1.82) is 0 Å². The number of hydrogen-bond donors (Lipinski definition) is 0. The third kappa shape index (κ3) is 4.36. The van der Waals surface area contributed by atoms with E-state index in [9.17, 15) is 9.59 Å². The molecule has 1 amide bonds. The van der Waals surface area contributed by atoms with Gasteiger partial charge in [-0.15, -0.1) is 0 Å². The lowest BCUT2D eigenvalue weighted by atomic mass is 10.1. The molecule has 1 saturated heterocycles. The van der Waals surface area contributed by atoms with Crippen LogP contribution in [0.25, 0.3) is 0 Å². The first-order chi connectivity index (χ1) is 8.58. The summed E-state index contributed by atoms with van der Waals surface area (Å²) in [5, 5.41) is 1.15. The van der Waals surface area contributed by atoms with Gasteiger partial charge in [0.25, 0.3) is 0 Å². The summed E-state index contributed by atoms with van der Waals surface area (Å²) in [6, 6.07) is 0. The molecule has 6 nitrogen and oxygen atoms in total. The van der Waals surface area contributed by atoms with E-state index < -0.39 is 6.29 Å². The van der Waals surface area contributed by atoms with Crippen molar-refractivity contribution in [2.75, 3.05) is 14.2 Å². The maximum atomic E-state index is 11.5. The first-order valence-electron chi connectivity index (χ1n) is 6.13.